The van der Waals surface area contributed by atoms with E-state index in [1.54, 1.807) is 22.9 Å². The minimum atomic E-state index is -0.635. The summed E-state index contributed by atoms with van der Waals surface area (Å²) in [6.07, 6.45) is 0. The lowest BCUT2D eigenvalue weighted by atomic mass is 9.92. The first-order valence-electron chi connectivity index (χ1n) is 12.5. The van der Waals surface area contributed by atoms with Crippen molar-refractivity contribution >= 4 is 40.2 Å². The fourth-order valence-corrected chi connectivity index (χ4v) is 4.37. The fourth-order valence-electron chi connectivity index (χ4n) is 4.14. The van der Waals surface area contributed by atoms with Crippen molar-refractivity contribution in [3.8, 4) is 16.9 Å². The SMILES string of the molecule is CC(C)(C)c1cc(NC(=O)COC(=O)c2cc(-c3ccccc3Cl)nc3ccccc23)n(-c2ccccc2)n1. The maximum Gasteiger partial charge on any atom is 0.339 e. The Labute approximate surface area is 231 Å². The molecule has 0 aliphatic heterocycles. The van der Waals surface area contributed by atoms with Gasteiger partial charge in [0.2, 0.25) is 0 Å². The van der Waals surface area contributed by atoms with Crippen molar-refractivity contribution in [2.24, 2.45) is 0 Å². The van der Waals surface area contributed by atoms with Crippen molar-refractivity contribution in [2.75, 3.05) is 11.9 Å². The van der Waals surface area contributed by atoms with Gasteiger partial charge in [0.15, 0.2) is 6.61 Å². The van der Waals surface area contributed by atoms with E-state index in [2.05, 4.69) is 10.3 Å². The van der Waals surface area contributed by atoms with Crippen LogP contribution in [0.4, 0.5) is 5.82 Å². The predicted molar refractivity (Wildman–Crippen MR) is 153 cm³/mol. The van der Waals surface area contributed by atoms with Crippen LogP contribution in [0.25, 0.3) is 27.8 Å². The van der Waals surface area contributed by atoms with Crippen LogP contribution in [0.2, 0.25) is 5.02 Å². The van der Waals surface area contributed by atoms with Crippen LogP contribution in [0.15, 0.2) is 91.0 Å². The molecule has 196 valence electrons. The highest BCUT2D eigenvalue weighted by molar-refractivity contribution is 6.33. The second kappa shape index (κ2) is 10.7. The second-order valence-corrected chi connectivity index (χ2v) is 10.5. The third-order valence-corrected chi connectivity index (χ3v) is 6.50. The Morgan fingerprint density at radius 3 is 2.36 bits per heavy atom. The molecule has 8 heteroatoms. The molecule has 0 aliphatic rings. The third kappa shape index (κ3) is 5.68. The largest absolute Gasteiger partial charge is 0.452 e. The van der Waals surface area contributed by atoms with Crippen molar-refractivity contribution in [2.45, 2.75) is 26.2 Å². The molecule has 0 fully saturated rings. The molecule has 0 saturated carbocycles. The molecule has 1 amide bonds. The topological polar surface area (TPSA) is 86.1 Å². The Hall–Kier alpha value is -4.49. The average molecular weight is 539 g/mol. The van der Waals surface area contributed by atoms with E-state index in [1.807, 2.05) is 93.6 Å². The molecule has 0 aliphatic carbocycles. The molecule has 2 heterocycles. The summed E-state index contributed by atoms with van der Waals surface area (Å²) in [5.74, 6) is -0.628. The van der Waals surface area contributed by atoms with Gasteiger partial charge in [-0.05, 0) is 30.3 Å². The van der Waals surface area contributed by atoms with Crippen molar-refractivity contribution in [1.29, 1.82) is 0 Å². The minimum absolute atomic E-state index is 0.228. The number of carbonyl (C=O) groups excluding carboxylic acids is 2. The lowest BCUT2D eigenvalue weighted by molar-refractivity contribution is -0.119. The number of nitrogens with one attached hydrogen (secondary N) is 1. The van der Waals surface area contributed by atoms with Crippen LogP contribution >= 0.6 is 11.6 Å². The number of hydrogen-bond donors (Lipinski definition) is 1. The van der Waals surface area contributed by atoms with Crippen molar-refractivity contribution < 1.29 is 14.3 Å². The van der Waals surface area contributed by atoms with Gasteiger partial charge in [-0.25, -0.2) is 14.5 Å². The van der Waals surface area contributed by atoms with Gasteiger partial charge < -0.3 is 10.1 Å². The predicted octanol–water partition coefficient (Wildman–Crippen LogP) is 6.83. The van der Waals surface area contributed by atoms with Gasteiger partial charge in [0.25, 0.3) is 5.91 Å². The number of hydrogen-bond acceptors (Lipinski definition) is 5. The summed E-state index contributed by atoms with van der Waals surface area (Å²) >= 11 is 6.39. The van der Waals surface area contributed by atoms with E-state index in [0.29, 0.717) is 38.6 Å². The van der Waals surface area contributed by atoms with Gasteiger partial charge in [-0.15, -0.1) is 0 Å². The quantitative estimate of drug-likeness (QED) is 0.239. The summed E-state index contributed by atoms with van der Waals surface area (Å²) in [6, 6.07) is 27.5. The molecule has 0 atom stereocenters. The van der Waals surface area contributed by atoms with E-state index in [0.717, 1.165) is 11.4 Å². The van der Waals surface area contributed by atoms with E-state index >= 15 is 0 Å². The van der Waals surface area contributed by atoms with Gasteiger partial charge in [0, 0.05) is 27.5 Å². The summed E-state index contributed by atoms with van der Waals surface area (Å²) in [7, 11) is 0. The Morgan fingerprint density at radius 2 is 1.62 bits per heavy atom. The van der Waals surface area contributed by atoms with Crippen LogP contribution in [0, 0.1) is 0 Å². The smallest absolute Gasteiger partial charge is 0.339 e. The van der Waals surface area contributed by atoms with E-state index < -0.39 is 18.5 Å². The number of nitrogens with zero attached hydrogens (tertiary/aromatic N) is 3. The van der Waals surface area contributed by atoms with E-state index in [9.17, 15) is 9.59 Å². The van der Waals surface area contributed by atoms with Gasteiger partial charge in [-0.2, -0.15) is 5.10 Å². The Balaban J connectivity index is 1.38. The first-order valence-corrected chi connectivity index (χ1v) is 12.9. The Morgan fingerprint density at radius 1 is 0.923 bits per heavy atom. The number of aromatic nitrogens is 3. The van der Waals surface area contributed by atoms with Crippen LogP contribution < -0.4 is 5.32 Å². The van der Waals surface area contributed by atoms with Crippen molar-refractivity contribution in [1.82, 2.24) is 14.8 Å². The van der Waals surface area contributed by atoms with E-state index in [1.165, 1.54) is 0 Å². The minimum Gasteiger partial charge on any atom is -0.452 e. The van der Waals surface area contributed by atoms with E-state index in [4.69, 9.17) is 21.4 Å². The van der Waals surface area contributed by atoms with E-state index in [-0.39, 0.29) is 5.41 Å². The lowest BCUT2D eigenvalue weighted by Gasteiger charge is -2.14. The average Bonchev–Trinajstić information content (AvgIpc) is 3.36. The molecule has 0 radical (unpaired) electrons. The zero-order valence-electron chi connectivity index (χ0n) is 21.8. The molecule has 39 heavy (non-hydrogen) atoms. The molecular weight excluding hydrogens is 512 g/mol. The molecule has 0 bridgehead atoms. The van der Waals surface area contributed by atoms with Crippen LogP contribution in [0.1, 0.15) is 36.8 Å². The number of fused-ring (bicyclic) bond motifs is 1. The molecule has 0 saturated heterocycles. The van der Waals surface area contributed by atoms with Crippen LogP contribution in [-0.2, 0) is 14.9 Å². The van der Waals surface area contributed by atoms with Crippen LogP contribution in [0.5, 0.6) is 0 Å². The molecule has 3 aromatic carbocycles. The first kappa shape index (κ1) is 26.1. The molecule has 2 aromatic heterocycles. The number of esters is 1. The summed E-state index contributed by atoms with van der Waals surface area (Å²) in [4.78, 5) is 30.8. The normalized spacial score (nSPS) is 11.4. The molecular formula is C31H27ClN4O3. The Bertz CT molecular complexity index is 1670. The number of amides is 1. The monoisotopic (exact) mass is 538 g/mol. The Kier molecular flexibility index (Phi) is 7.17. The zero-order valence-corrected chi connectivity index (χ0v) is 22.6. The molecule has 0 spiro atoms. The number of para-hydroxylation sites is 2. The first-order chi connectivity index (χ1) is 18.7. The summed E-state index contributed by atoms with van der Waals surface area (Å²) in [5.41, 5.74) is 3.54. The molecule has 1 N–H and O–H groups in total. The summed E-state index contributed by atoms with van der Waals surface area (Å²) < 4.78 is 7.14. The van der Waals surface area contributed by atoms with Gasteiger partial charge >= 0.3 is 5.97 Å². The summed E-state index contributed by atoms with van der Waals surface area (Å²) in [6.45, 7) is 5.68. The maximum atomic E-state index is 13.2. The second-order valence-electron chi connectivity index (χ2n) is 10.1. The molecule has 0 unspecified atom stereocenters. The molecule has 7 nitrogen and oxygen atoms in total. The van der Waals surface area contributed by atoms with Gasteiger partial charge in [0.05, 0.1) is 28.2 Å². The number of carbonyl (C=O) groups is 2. The highest BCUT2D eigenvalue weighted by Gasteiger charge is 2.22. The number of pyridine rings is 1. The summed E-state index contributed by atoms with van der Waals surface area (Å²) in [5, 5.41) is 8.69. The number of benzene rings is 3. The number of ether oxygens (including phenoxy) is 1. The standard InChI is InChI=1S/C31H27ClN4O3/c1-31(2,3)27-18-28(36(35-27)20-11-5-4-6-12-20)34-29(37)19-39-30(38)23-17-26(22-14-7-9-15-24(22)32)33-25-16-10-8-13-21(23)25/h4-18H,19H2,1-3H3,(H,34,37). The van der Waals surface area contributed by atoms with Crippen LogP contribution in [-0.4, -0.2) is 33.2 Å². The number of halogens is 1. The maximum absolute atomic E-state index is 13.2. The third-order valence-electron chi connectivity index (χ3n) is 6.17. The molecule has 5 aromatic rings. The highest BCUT2D eigenvalue weighted by atomic mass is 35.5. The lowest BCUT2D eigenvalue weighted by Crippen LogP contribution is -2.22. The number of anilines is 1. The van der Waals surface area contributed by atoms with Crippen molar-refractivity contribution in [3.63, 3.8) is 0 Å². The highest BCUT2D eigenvalue weighted by Crippen LogP contribution is 2.30. The van der Waals surface area contributed by atoms with Crippen molar-refractivity contribution in [3.05, 3.63) is 107 Å². The molecule has 5 rings (SSSR count). The van der Waals surface area contributed by atoms with Gasteiger partial charge in [-0.1, -0.05) is 87.0 Å². The van der Waals surface area contributed by atoms with Gasteiger partial charge in [0.1, 0.15) is 5.82 Å². The zero-order chi connectivity index (χ0) is 27.6. The van der Waals surface area contributed by atoms with Gasteiger partial charge in [-0.3, -0.25) is 4.79 Å². The van der Waals surface area contributed by atoms with Crippen LogP contribution in [0.3, 0.4) is 0 Å². The fraction of sp³-hybridized carbons (Fsp3) is 0.161. The number of rotatable bonds is 6.